The van der Waals surface area contributed by atoms with Gasteiger partial charge in [-0.15, -0.1) is 0 Å². The lowest BCUT2D eigenvalue weighted by Gasteiger charge is -2.35. The van der Waals surface area contributed by atoms with Gasteiger partial charge in [-0.1, -0.05) is 12.1 Å². The van der Waals surface area contributed by atoms with Crippen LogP contribution in [0, 0.1) is 0 Å². The number of amides is 3. The standard InChI is InChI=1S/C13H16N4O2/c18-12-9-17(11-4-2-1-3-10(11)15-12)13(19)16-7-5-14-6-8-16/h1-4,14H,5-9H2,(H,15,18). The highest BCUT2D eigenvalue weighted by atomic mass is 16.2. The van der Waals surface area contributed by atoms with Crippen molar-refractivity contribution in [2.24, 2.45) is 0 Å². The summed E-state index contributed by atoms with van der Waals surface area (Å²) in [6.45, 7) is 3.04. The first kappa shape index (κ1) is 12.0. The quantitative estimate of drug-likeness (QED) is 0.712. The number of urea groups is 1. The van der Waals surface area contributed by atoms with Gasteiger partial charge in [-0.25, -0.2) is 4.79 Å². The Morgan fingerprint density at radius 2 is 1.89 bits per heavy atom. The third-order valence-electron chi connectivity index (χ3n) is 3.39. The molecule has 19 heavy (non-hydrogen) atoms. The Bertz CT molecular complexity index is 511. The molecule has 3 rings (SSSR count). The van der Waals surface area contributed by atoms with Gasteiger partial charge in [0, 0.05) is 26.2 Å². The molecule has 2 aliphatic heterocycles. The molecule has 1 fully saturated rings. The maximum Gasteiger partial charge on any atom is 0.325 e. The summed E-state index contributed by atoms with van der Waals surface area (Å²) in [5, 5.41) is 5.99. The second-order valence-corrected chi connectivity index (χ2v) is 4.67. The second-order valence-electron chi connectivity index (χ2n) is 4.67. The van der Waals surface area contributed by atoms with Gasteiger partial charge in [-0.05, 0) is 12.1 Å². The lowest BCUT2D eigenvalue weighted by molar-refractivity contribution is -0.115. The molecule has 1 aromatic rings. The normalized spacial score (nSPS) is 18.8. The Balaban J connectivity index is 1.87. The Kier molecular flexibility index (Phi) is 3.08. The molecule has 2 heterocycles. The molecule has 0 saturated carbocycles. The van der Waals surface area contributed by atoms with Gasteiger partial charge in [0.25, 0.3) is 0 Å². The van der Waals surface area contributed by atoms with E-state index < -0.39 is 0 Å². The number of carbonyl (C=O) groups is 2. The molecule has 2 N–H and O–H groups in total. The van der Waals surface area contributed by atoms with Crippen LogP contribution in [0.15, 0.2) is 24.3 Å². The number of benzene rings is 1. The molecule has 2 aliphatic rings. The van der Waals surface area contributed by atoms with Crippen LogP contribution in [0.25, 0.3) is 0 Å². The lowest BCUT2D eigenvalue weighted by atomic mass is 10.2. The van der Waals surface area contributed by atoms with Crippen molar-refractivity contribution in [2.75, 3.05) is 42.9 Å². The van der Waals surface area contributed by atoms with Crippen LogP contribution in [0.2, 0.25) is 0 Å². The first-order valence-electron chi connectivity index (χ1n) is 6.42. The van der Waals surface area contributed by atoms with Crippen molar-refractivity contribution in [3.05, 3.63) is 24.3 Å². The Morgan fingerprint density at radius 3 is 2.68 bits per heavy atom. The third-order valence-corrected chi connectivity index (χ3v) is 3.39. The molecule has 0 atom stereocenters. The van der Waals surface area contributed by atoms with Crippen LogP contribution in [0.5, 0.6) is 0 Å². The molecule has 0 bridgehead atoms. The van der Waals surface area contributed by atoms with E-state index >= 15 is 0 Å². The number of anilines is 2. The second kappa shape index (κ2) is 4.89. The minimum absolute atomic E-state index is 0.0831. The molecule has 0 aromatic heterocycles. The first-order chi connectivity index (χ1) is 9.25. The van der Waals surface area contributed by atoms with Gasteiger partial charge in [0.15, 0.2) is 0 Å². The van der Waals surface area contributed by atoms with Crippen LogP contribution in [-0.4, -0.2) is 49.6 Å². The van der Waals surface area contributed by atoms with Crippen molar-refractivity contribution in [3.8, 4) is 0 Å². The number of nitrogens with one attached hydrogen (secondary N) is 2. The van der Waals surface area contributed by atoms with Gasteiger partial charge < -0.3 is 15.5 Å². The summed E-state index contributed by atoms with van der Waals surface area (Å²) < 4.78 is 0. The summed E-state index contributed by atoms with van der Waals surface area (Å²) in [6.07, 6.45) is 0. The highest BCUT2D eigenvalue weighted by Gasteiger charge is 2.30. The molecule has 100 valence electrons. The summed E-state index contributed by atoms with van der Waals surface area (Å²) in [6, 6.07) is 7.29. The van der Waals surface area contributed by atoms with Crippen LogP contribution in [-0.2, 0) is 4.79 Å². The van der Waals surface area contributed by atoms with Crippen molar-refractivity contribution in [2.45, 2.75) is 0 Å². The molecule has 6 nitrogen and oxygen atoms in total. The minimum Gasteiger partial charge on any atom is -0.323 e. The SMILES string of the molecule is O=C1CN(C(=O)N2CCNCC2)c2ccccc2N1. The van der Waals surface area contributed by atoms with Crippen molar-refractivity contribution < 1.29 is 9.59 Å². The minimum atomic E-state index is -0.151. The van der Waals surface area contributed by atoms with E-state index in [4.69, 9.17) is 0 Å². The Labute approximate surface area is 111 Å². The highest BCUT2D eigenvalue weighted by Crippen LogP contribution is 2.29. The number of fused-ring (bicyclic) bond motifs is 1. The van der Waals surface area contributed by atoms with Crippen LogP contribution >= 0.6 is 0 Å². The number of rotatable bonds is 0. The number of piperazine rings is 1. The molecular weight excluding hydrogens is 244 g/mol. The van der Waals surface area contributed by atoms with Gasteiger partial charge in [-0.2, -0.15) is 0 Å². The number of para-hydroxylation sites is 2. The van der Waals surface area contributed by atoms with Crippen molar-refractivity contribution >= 4 is 23.3 Å². The van der Waals surface area contributed by atoms with Gasteiger partial charge in [-0.3, -0.25) is 9.69 Å². The molecule has 0 radical (unpaired) electrons. The summed E-state index contributed by atoms with van der Waals surface area (Å²) in [4.78, 5) is 27.5. The molecule has 0 spiro atoms. The van der Waals surface area contributed by atoms with Crippen molar-refractivity contribution in [1.82, 2.24) is 10.2 Å². The maximum atomic E-state index is 12.5. The van der Waals surface area contributed by atoms with Gasteiger partial charge in [0.1, 0.15) is 6.54 Å². The molecule has 3 amide bonds. The van der Waals surface area contributed by atoms with Gasteiger partial charge >= 0.3 is 6.03 Å². The zero-order chi connectivity index (χ0) is 13.2. The summed E-state index contributed by atoms with van der Waals surface area (Å²) in [5.41, 5.74) is 1.47. The maximum absolute atomic E-state index is 12.5. The molecule has 1 saturated heterocycles. The molecule has 6 heteroatoms. The van der Waals surface area contributed by atoms with E-state index in [-0.39, 0.29) is 18.5 Å². The molecular formula is C13H16N4O2. The fourth-order valence-electron chi connectivity index (χ4n) is 2.43. The van der Waals surface area contributed by atoms with E-state index in [9.17, 15) is 9.59 Å². The fourth-order valence-corrected chi connectivity index (χ4v) is 2.43. The molecule has 0 unspecified atom stereocenters. The highest BCUT2D eigenvalue weighted by molar-refractivity contribution is 6.09. The van der Waals surface area contributed by atoms with Gasteiger partial charge in [0.2, 0.25) is 5.91 Å². The van der Waals surface area contributed by atoms with E-state index in [2.05, 4.69) is 10.6 Å². The van der Waals surface area contributed by atoms with Crippen LogP contribution in [0.1, 0.15) is 0 Å². The average Bonchev–Trinajstić information content (AvgIpc) is 2.46. The van der Waals surface area contributed by atoms with E-state index in [1.807, 2.05) is 24.3 Å². The predicted octanol–water partition coefficient (Wildman–Crippen LogP) is 0.470. The van der Waals surface area contributed by atoms with Crippen LogP contribution in [0.3, 0.4) is 0 Å². The Hall–Kier alpha value is -2.08. The number of hydrogen-bond acceptors (Lipinski definition) is 3. The number of nitrogens with zero attached hydrogens (tertiary/aromatic N) is 2. The van der Waals surface area contributed by atoms with E-state index in [1.165, 1.54) is 0 Å². The van der Waals surface area contributed by atoms with E-state index in [0.29, 0.717) is 18.8 Å². The van der Waals surface area contributed by atoms with Crippen LogP contribution in [0.4, 0.5) is 16.2 Å². The van der Waals surface area contributed by atoms with Crippen LogP contribution < -0.4 is 15.5 Å². The monoisotopic (exact) mass is 260 g/mol. The van der Waals surface area contributed by atoms with Gasteiger partial charge in [0.05, 0.1) is 11.4 Å². The smallest absolute Gasteiger partial charge is 0.323 e. The lowest BCUT2D eigenvalue weighted by Crippen LogP contribution is -2.54. The predicted molar refractivity (Wildman–Crippen MR) is 72.3 cm³/mol. The van der Waals surface area contributed by atoms with E-state index in [0.717, 1.165) is 18.8 Å². The van der Waals surface area contributed by atoms with E-state index in [1.54, 1.807) is 9.80 Å². The summed E-state index contributed by atoms with van der Waals surface area (Å²) >= 11 is 0. The number of hydrogen-bond donors (Lipinski definition) is 2. The first-order valence-corrected chi connectivity index (χ1v) is 6.42. The topological polar surface area (TPSA) is 64.7 Å². The molecule has 0 aliphatic carbocycles. The van der Waals surface area contributed by atoms with Crippen molar-refractivity contribution in [3.63, 3.8) is 0 Å². The van der Waals surface area contributed by atoms with Crippen molar-refractivity contribution in [1.29, 1.82) is 0 Å². The zero-order valence-electron chi connectivity index (χ0n) is 10.6. The summed E-state index contributed by atoms with van der Waals surface area (Å²) in [5.74, 6) is -0.151. The molecule has 1 aromatic carbocycles. The fraction of sp³-hybridized carbons (Fsp3) is 0.385. The Morgan fingerprint density at radius 1 is 1.16 bits per heavy atom. The third kappa shape index (κ3) is 2.26. The summed E-state index contributed by atoms with van der Waals surface area (Å²) in [7, 11) is 0. The largest absolute Gasteiger partial charge is 0.325 e. The zero-order valence-corrected chi connectivity index (χ0v) is 10.6. The average molecular weight is 260 g/mol. The number of carbonyl (C=O) groups excluding carboxylic acids is 2.